The Morgan fingerprint density at radius 1 is 1.10 bits per heavy atom. The van der Waals surface area contributed by atoms with Crippen LogP contribution in [-0.4, -0.2) is 0 Å². The quantitative estimate of drug-likeness (QED) is 0.540. The van der Waals surface area contributed by atoms with Crippen LogP contribution in [-0.2, 0) is 0 Å². The van der Waals surface area contributed by atoms with Gasteiger partial charge in [-0.15, -0.1) is 0 Å². The second kappa shape index (κ2) is 6.69. The Labute approximate surface area is 144 Å². The molecule has 2 aromatic carbocycles. The molecule has 0 aromatic heterocycles. The topological polar surface area (TPSA) is 12.0 Å². The van der Waals surface area contributed by atoms with Crippen molar-refractivity contribution in [2.75, 3.05) is 5.32 Å². The van der Waals surface area contributed by atoms with Crippen LogP contribution in [0.5, 0.6) is 0 Å². The van der Waals surface area contributed by atoms with Crippen LogP contribution in [0.25, 0.3) is 0 Å². The van der Waals surface area contributed by atoms with Gasteiger partial charge in [0.25, 0.3) is 0 Å². The number of hydrogen-bond acceptors (Lipinski definition) is 1. The molecule has 0 aliphatic rings. The lowest BCUT2D eigenvalue weighted by molar-refractivity contribution is 0.582. The normalized spacial score (nSPS) is 12.3. The van der Waals surface area contributed by atoms with Crippen LogP contribution in [0.3, 0.4) is 0 Å². The largest absolute Gasteiger partial charge is 0.375 e. The molecule has 1 unspecified atom stereocenters. The highest BCUT2D eigenvalue weighted by atomic mass is 79.9. The van der Waals surface area contributed by atoms with E-state index in [9.17, 15) is 8.78 Å². The first-order chi connectivity index (χ1) is 9.81. The van der Waals surface area contributed by atoms with Gasteiger partial charge in [-0.2, -0.15) is 0 Å². The highest BCUT2D eigenvalue weighted by molar-refractivity contribution is 9.10. The van der Waals surface area contributed by atoms with Crippen molar-refractivity contribution in [3.8, 4) is 0 Å². The van der Waals surface area contributed by atoms with Crippen LogP contribution in [0.1, 0.15) is 18.5 Å². The molecule has 7 heteroatoms. The fourth-order valence-electron chi connectivity index (χ4n) is 1.85. The summed E-state index contributed by atoms with van der Waals surface area (Å²) in [6.07, 6.45) is 0. The monoisotopic (exact) mass is 413 g/mol. The van der Waals surface area contributed by atoms with E-state index in [0.717, 1.165) is 6.07 Å². The summed E-state index contributed by atoms with van der Waals surface area (Å²) in [5, 5.41) is 3.81. The zero-order valence-electron chi connectivity index (χ0n) is 10.7. The average molecular weight is 415 g/mol. The lowest BCUT2D eigenvalue weighted by Gasteiger charge is -2.19. The molecule has 0 saturated heterocycles. The predicted molar refractivity (Wildman–Crippen MR) is 87.6 cm³/mol. The second-order valence-corrected chi connectivity index (χ2v) is 6.39. The molecule has 0 aliphatic carbocycles. The molecule has 112 valence electrons. The SMILES string of the molecule is CC(Nc1c(F)cc(F)cc1Br)c1ccc(Cl)c(Cl)c1Cl. The van der Waals surface area contributed by atoms with E-state index in [0.29, 0.717) is 15.6 Å². The summed E-state index contributed by atoms with van der Waals surface area (Å²) >= 11 is 21.1. The van der Waals surface area contributed by atoms with E-state index in [1.54, 1.807) is 19.1 Å². The van der Waals surface area contributed by atoms with Gasteiger partial charge in [-0.05, 0) is 40.5 Å². The molecular formula is C14H9BrCl3F2N. The van der Waals surface area contributed by atoms with Crippen LogP contribution in [0.15, 0.2) is 28.7 Å². The molecule has 0 spiro atoms. The number of benzene rings is 2. The van der Waals surface area contributed by atoms with Crippen molar-refractivity contribution in [1.29, 1.82) is 0 Å². The van der Waals surface area contributed by atoms with Crippen molar-refractivity contribution in [3.63, 3.8) is 0 Å². The van der Waals surface area contributed by atoms with E-state index in [4.69, 9.17) is 34.8 Å². The summed E-state index contributed by atoms with van der Waals surface area (Å²) < 4.78 is 27.2. The van der Waals surface area contributed by atoms with Crippen LogP contribution in [0, 0.1) is 11.6 Å². The van der Waals surface area contributed by atoms with E-state index in [1.165, 1.54) is 6.07 Å². The van der Waals surface area contributed by atoms with Gasteiger partial charge in [0.1, 0.15) is 11.6 Å². The first-order valence-corrected chi connectivity index (χ1v) is 7.78. The van der Waals surface area contributed by atoms with Gasteiger partial charge in [0.05, 0.1) is 26.8 Å². The van der Waals surface area contributed by atoms with E-state index in [2.05, 4.69) is 21.2 Å². The number of halogens is 6. The third-order valence-corrected chi connectivity index (χ3v) is 4.83. The zero-order valence-corrected chi connectivity index (χ0v) is 14.5. The summed E-state index contributed by atoms with van der Waals surface area (Å²) in [6.45, 7) is 1.78. The van der Waals surface area contributed by atoms with E-state index in [-0.39, 0.29) is 21.2 Å². The Kier molecular flexibility index (Phi) is 5.36. The van der Waals surface area contributed by atoms with Crippen LogP contribution in [0.2, 0.25) is 15.1 Å². The van der Waals surface area contributed by atoms with Crippen molar-refractivity contribution in [3.05, 3.63) is 61.0 Å². The lowest BCUT2D eigenvalue weighted by Crippen LogP contribution is -2.09. The minimum atomic E-state index is -0.704. The highest BCUT2D eigenvalue weighted by Gasteiger charge is 2.17. The summed E-state index contributed by atoms with van der Waals surface area (Å²) in [4.78, 5) is 0. The molecule has 0 radical (unpaired) electrons. The van der Waals surface area contributed by atoms with Crippen molar-refractivity contribution in [1.82, 2.24) is 0 Å². The molecule has 21 heavy (non-hydrogen) atoms. The summed E-state index contributed by atoms with van der Waals surface area (Å²) in [7, 11) is 0. The molecular weight excluding hydrogens is 406 g/mol. The van der Waals surface area contributed by atoms with Crippen LogP contribution >= 0.6 is 50.7 Å². The third kappa shape index (κ3) is 3.62. The first kappa shape index (κ1) is 16.8. The van der Waals surface area contributed by atoms with Gasteiger partial charge in [0.15, 0.2) is 0 Å². The van der Waals surface area contributed by atoms with Gasteiger partial charge in [-0.1, -0.05) is 40.9 Å². The fourth-order valence-corrected chi connectivity index (χ4v) is 3.08. The van der Waals surface area contributed by atoms with Gasteiger partial charge < -0.3 is 5.32 Å². The molecule has 1 nitrogen and oxygen atoms in total. The zero-order chi connectivity index (χ0) is 15.7. The van der Waals surface area contributed by atoms with Crippen LogP contribution in [0.4, 0.5) is 14.5 Å². The van der Waals surface area contributed by atoms with Gasteiger partial charge in [-0.25, -0.2) is 8.78 Å². The molecule has 0 fully saturated rings. The number of rotatable bonds is 3. The molecule has 2 rings (SSSR count). The molecule has 0 saturated carbocycles. The first-order valence-electron chi connectivity index (χ1n) is 5.85. The Balaban J connectivity index is 2.35. The average Bonchev–Trinajstić information content (AvgIpc) is 2.40. The summed E-state index contributed by atoms with van der Waals surface area (Å²) in [6, 6.07) is 4.93. The maximum atomic E-state index is 13.8. The van der Waals surface area contributed by atoms with Gasteiger partial charge in [0, 0.05) is 10.5 Å². The number of nitrogens with one attached hydrogen (secondary N) is 1. The van der Waals surface area contributed by atoms with Gasteiger partial charge >= 0.3 is 0 Å². The fraction of sp³-hybridized carbons (Fsp3) is 0.143. The minimum Gasteiger partial charge on any atom is -0.375 e. The minimum absolute atomic E-state index is 0.144. The number of hydrogen-bond donors (Lipinski definition) is 1. The maximum absolute atomic E-state index is 13.8. The van der Waals surface area contributed by atoms with Crippen molar-refractivity contribution in [2.45, 2.75) is 13.0 Å². The van der Waals surface area contributed by atoms with Crippen molar-refractivity contribution >= 4 is 56.4 Å². The molecule has 0 bridgehead atoms. The summed E-state index contributed by atoms with van der Waals surface area (Å²) in [5.74, 6) is -1.37. The van der Waals surface area contributed by atoms with E-state index < -0.39 is 11.6 Å². The summed E-state index contributed by atoms with van der Waals surface area (Å²) in [5.41, 5.74) is 0.799. The Morgan fingerprint density at radius 2 is 1.76 bits per heavy atom. The highest BCUT2D eigenvalue weighted by Crippen LogP contribution is 2.37. The van der Waals surface area contributed by atoms with Crippen molar-refractivity contribution in [2.24, 2.45) is 0 Å². The van der Waals surface area contributed by atoms with Crippen LogP contribution < -0.4 is 5.32 Å². The third-order valence-electron chi connectivity index (χ3n) is 2.90. The van der Waals surface area contributed by atoms with E-state index >= 15 is 0 Å². The predicted octanol–water partition coefficient (Wildman–Crippen LogP) is 6.86. The molecule has 0 amide bonds. The molecule has 1 N–H and O–H groups in total. The smallest absolute Gasteiger partial charge is 0.150 e. The lowest BCUT2D eigenvalue weighted by atomic mass is 10.1. The molecule has 1 atom stereocenters. The van der Waals surface area contributed by atoms with Gasteiger partial charge in [0.2, 0.25) is 0 Å². The molecule has 2 aromatic rings. The Bertz CT molecular complexity index is 671. The van der Waals surface area contributed by atoms with E-state index in [1.807, 2.05) is 0 Å². The molecule has 0 aliphatic heterocycles. The second-order valence-electron chi connectivity index (χ2n) is 4.38. The standard InChI is InChI=1S/C14H9BrCl3F2N/c1-6(8-2-3-10(16)13(18)12(8)17)21-14-9(15)4-7(19)5-11(14)20/h2-6,21H,1H3. The molecule has 0 heterocycles. The Morgan fingerprint density at radius 3 is 2.38 bits per heavy atom. The van der Waals surface area contributed by atoms with Crippen molar-refractivity contribution < 1.29 is 8.78 Å². The number of anilines is 1. The maximum Gasteiger partial charge on any atom is 0.150 e. The van der Waals surface area contributed by atoms with Gasteiger partial charge in [-0.3, -0.25) is 0 Å². The Hall–Kier alpha value is -0.550.